The lowest BCUT2D eigenvalue weighted by Crippen LogP contribution is -2.12. The molecule has 6 nitrogen and oxygen atoms in total. The van der Waals surface area contributed by atoms with Crippen LogP contribution in [-0.4, -0.2) is 25.4 Å². The Hall–Kier alpha value is -8.48. The molecule has 1 unspecified atom stereocenters. The Morgan fingerprint density at radius 2 is 0.985 bits per heavy atom. The molecule has 0 saturated heterocycles. The Labute approximate surface area is 387 Å². The third-order valence-corrected chi connectivity index (χ3v) is 13.6. The minimum atomic E-state index is -0.179. The summed E-state index contributed by atoms with van der Waals surface area (Å²) in [6.45, 7) is 4.34. The molecule has 4 heterocycles. The second-order valence-corrected chi connectivity index (χ2v) is 17.6. The lowest BCUT2D eigenvalue weighted by atomic mass is 10.0. The Morgan fingerprint density at radius 3 is 1.64 bits per heavy atom. The Bertz CT molecular complexity index is 4090. The van der Waals surface area contributed by atoms with Crippen molar-refractivity contribution in [3.05, 3.63) is 217 Å². The average Bonchev–Trinajstić information content (AvgIpc) is 4.11. The molecule has 0 saturated carbocycles. The van der Waals surface area contributed by atoms with Gasteiger partial charge in [-0.2, -0.15) is 0 Å². The second-order valence-electron chi connectivity index (χ2n) is 17.6. The molecule has 0 fully saturated rings. The van der Waals surface area contributed by atoms with Crippen LogP contribution in [0.15, 0.2) is 221 Å². The summed E-state index contributed by atoms with van der Waals surface area (Å²) in [5.74, 6) is 1.51. The molecular formula is C61H45N5O. The highest BCUT2D eigenvalue weighted by atomic mass is 16.3. The van der Waals surface area contributed by atoms with Crippen LogP contribution >= 0.6 is 0 Å². The van der Waals surface area contributed by atoms with Crippen molar-refractivity contribution in [3.8, 4) is 11.4 Å². The molecule has 320 valence electrons. The van der Waals surface area contributed by atoms with Crippen molar-refractivity contribution in [2.24, 2.45) is 9.98 Å². The van der Waals surface area contributed by atoms with Gasteiger partial charge >= 0.3 is 0 Å². The van der Waals surface area contributed by atoms with E-state index in [0.29, 0.717) is 5.84 Å². The van der Waals surface area contributed by atoms with Crippen molar-refractivity contribution in [1.29, 1.82) is 0 Å². The summed E-state index contributed by atoms with van der Waals surface area (Å²) >= 11 is 0. The minimum absolute atomic E-state index is 0.179. The Balaban J connectivity index is 1.01. The van der Waals surface area contributed by atoms with Gasteiger partial charge in [0.1, 0.15) is 17.0 Å². The van der Waals surface area contributed by atoms with Gasteiger partial charge in [-0.1, -0.05) is 141 Å². The number of fused-ring (bicyclic) bond motifs is 12. The van der Waals surface area contributed by atoms with Gasteiger partial charge in [-0.3, -0.25) is 9.56 Å². The van der Waals surface area contributed by atoms with Crippen molar-refractivity contribution < 1.29 is 4.42 Å². The number of benzene rings is 9. The van der Waals surface area contributed by atoms with Gasteiger partial charge in [0.2, 0.25) is 0 Å². The summed E-state index contributed by atoms with van der Waals surface area (Å²) < 4.78 is 13.6. The lowest BCUT2D eigenvalue weighted by Gasteiger charge is -2.17. The standard InChI is InChI=1S/C61H45N5O/c1-3-18-52(63-61(41-33-34-49-48-27-11-16-32-59(48)67-60(49)36-41)62-39(2)64-53-28-12-7-23-44(53)45-24-8-13-29-54(45)64)40-19-17-22-43(35-40)66-56-31-15-10-26-47(56)51-37-50-46-25-9-14-30-55(46)65(57(50)38-58(51)66)42-20-5-4-6-21-42/h4-17,19-38,52H,3,18H2,1-2H3. The van der Waals surface area contributed by atoms with Crippen LogP contribution in [0, 0.1) is 0 Å². The van der Waals surface area contributed by atoms with E-state index in [1.165, 1.54) is 48.9 Å². The minimum Gasteiger partial charge on any atom is -0.456 e. The van der Waals surface area contributed by atoms with E-state index in [2.05, 4.69) is 222 Å². The molecule has 0 spiro atoms. The van der Waals surface area contributed by atoms with Gasteiger partial charge in [-0.15, -0.1) is 0 Å². The van der Waals surface area contributed by atoms with Crippen molar-refractivity contribution in [2.75, 3.05) is 0 Å². The van der Waals surface area contributed by atoms with E-state index in [4.69, 9.17) is 14.4 Å². The van der Waals surface area contributed by atoms with Gasteiger partial charge in [-0.05, 0) is 97.8 Å². The zero-order valence-electron chi connectivity index (χ0n) is 37.3. The van der Waals surface area contributed by atoms with E-state index < -0.39 is 0 Å². The Morgan fingerprint density at radius 1 is 0.448 bits per heavy atom. The first kappa shape index (κ1) is 38.9. The van der Waals surface area contributed by atoms with Crippen molar-refractivity contribution in [1.82, 2.24) is 13.7 Å². The van der Waals surface area contributed by atoms with E-state index in [1.54, 1.807) is 0 Å². The van der Waals surface area contributed by atoms with Crippen LogP contribution < -0.4 is 0 Å². The first-order chi connectivity index (χ1) is 33.1. The highest BCUT2D eigenvalue weighted by molar-refractivity contribution is 6.20. The second kappa shape index (κ2) is 15.6. The number of aliphatic imine (C=N–C) groups is 2. The van der Waals surface area contributed by atoms with E-state index in [9.17, 15) is 0 Å². The summed E-state index contributed by atoms with van der Waals surface area (Å²) in [5, 5.41) is 9.51. The molecule has 0 aliphatic heterocycles. The number of para-hydroxylation sites is 6. The highest BCUT2D eigenvalue weighted by Gasteiger charge is 2.21. The van der Waals surface area contributed by atoms with Crippen LogP contribution in [0.5, 0.6) is 0 Å². The van der Waals surface area contributed by atoms with E-state index in [1.807, 2.05) is 12.1 Å². The van der Waals surface area contributed by atoms with Crippen LogP contribution in [0.2, 0.25) is 0 Å². The SMILES string of the molecule is CCCC(N=C(N=C(C)n1c2ccccc2c2ccccc21)c1ccc2c(c1)oc1ccccc12)c1cccc(-n2c3ccccc3c3cc4c5ccccc5n(-c5ccccc5)c4cc32)c1. The summed E-state index contributed by atoms with van der Waals surface area (Å²) in [6.07, 6.45) is 1.79. The van der Waals surface area contributed by atoms with Crippen molar-refractivity contribution in [2.45, 2.75) is 32.7 Å². The third-order valence-electron chi connectivity index (χ3n) is 13.6. The van der Waals surface area contributed by atoms with Crippen molar-refractivity contribution in [3.63, 3.8) is 0 Å². The molecule has 67 heavy (non-hydrogen) atoms. The van der Waals surface area contributed by atoms with Crippen LogP contribution in [0.3, 0.4) is 0 Å². The largest absolute Gasteiger partial charge is 0.456 e. The summed E-state index contributed by atoms with van der Waals surface area (Å²) in [7, 11) is 0. The number of amidine groups is 1. The number of furan rings is 1. The fourth-order valence-corrected chi connectivity index (χ4v) is 10.7. The first-order valence-corrected chi connectivity index (χ1v) is 23.3. The molecular weight excluding hydrogens is 819 g/mol. The van der Waals surface area contributed by atoms with Gasteiger partial charge in [0.25, 0.3) is 0 Å². The third kappa shape index (κ3) is 6.24. The molecule has 0 amide bonds. The number of aromatic nitrogens is 3. The van der Waals surface area contributed by atoms with Gasteiger partial charge in [-0.25, -0.2) is 4.99 Å². The molecule has 0 N–H and O–H groups in total. The summed E-state index contributed by atoms with van der Waals surface area (Å²) in [5.41, 5.74) is 12.9. The van der Waals surface area contributed by atoms with E-state index in [0.717, 1.165) is 79.7 Å². The maximum atomic E-state index is 6.46. The zero-order valence-corrected chi connectivity index (χ0v) is 37.3. The number of hydrogen-bond acceptors (Lipinski definition) is 2. The number of nitrogens with zero attached hydrogens (tertiary/aromatic N) is 5. The average molecular weight is 864 g/mol. The zero-order chi connectivity index (χ0) is 44.6. The molecule has 4 aromatic heterocycles. The molecule has 6 heteroatoms. The molecule has 0 aliphatic rings. The van der Waals surface area contributed by atoms with Crippen LogP contribution in [0.4, 0.5) is 0 Å². The fraction of sp³-hybridized carbons (Fsp3) is 0.0820. The van der Waals surface area contributed by atoms with Crippen LogP contribution in [-0.2, 0) is 0 Å². The van der Waals surface area contributed by atoms with Crippen LogP contribution in [0.1, 0.15) is 43.9 Å². The predicted molar refractivity (Wildman–Crippen MR) is 281 cm³/mol. The molecule has 13 rings (SSSR count). The first-order valence-electron chi connectivity index (χ1n) is 23.3. The molecule has 0 aliphatic carbocycles. The fourth-order valence-electron chi connectivity index (χ4n) is 10.7. The maximum absolute atomic E-state index is 6.46. The van der Waals surface area contributed by atoms with Crippen LogP contribution in [0.25, 0.3) is 98.7 Å². The van der Waals surface area contributed by atoms with Crippen molar-refractivity contribution >= 4 is 99.0 Å². The number of hydrogen-bond donors (Lipinski definition) is 0. The molecule has 1 atom stereocenters. The van der Waals surface area contributed by atoms with E-state index >= 15 is 0 Å². The maximum Gasteiger partial charge on any atom is 0.157 e. The molecule has 13 aromatic rings. The molecule has 0 radical (unpaired) electrons. The smallest absolute Gasteiger partial charge is 0.157 e. The lowest BCUT2D eigenvalue weighted by molar-refractivity contribution is 0.640. The topological polar surface area (TPSA) is 52.6 Å². The molecule has 0 bridgehead atoms. The summed E-state index contributed by atoms with van der Waals surface area (Å²) in [4.78, 5) is 11.2. The van der Waals surface area contributed by atoms with Gasteiger partial charge in [0.15, 0.2) is 5.84 Å². The van der Waals surface area contributed by atoms with Gasteiger partial charge < -0.3 is 13.6 Å². The Kier molecular flexibility index (Phi) is 9.07. The van der Waals surface area contributed by atoms with Gasteiger partial charge in [0, 0.05) is 60.0 Å². The quantitative estimate of drug-likeness (QED) is 0.116. The monoisotopic (exact) mass is 863 g/mol. The van der Waals surface area contributed by atoms with E-state index in [-0.39, 0.29) is 6.04 Å². The predicted octanol–water partition coefficient (Wildman–Crippen LogP) is 16.1. The highest BCUT2D eigenvalue weighted by Crippen LogP contribution is 2.40. The molecule has 9 aromatic carbocycles. The summed E-state index contributed by atoms with van der Waals surface area (Å²) in [6, 6.07) is 73.7. The normalized spacial score (nSPS) is 13.2. The van der Waals surface area contributed by atoms with Gasteiger partial charge in [0.05, 0.1) is 39.1 Å². The number of rotatable bonds is 7.